The number of rotatable bonds is 5. The van der Waals surface area contributed by atoms with E-state index in [1.807, 2.05) is 61.5 Å². The van der Waals surface area contributed by atoms with Crippen LogP contribution in [0, 0.1) is 0 Å². The molecule has 0 saturated heterocycles. The van der Waals surface area contributed by atoms with Gasteiger partial charge >= 0.3 is 0 Å². The summed E-state index contributed by atoms with van der Waals surface area (Å²) in [6.07, 6.45) is 0. The summed E-state index contributed by atoms with van der Waals surface area (Å²) >= 11 is 12.3. The van der Waals surface area contributed by atoms with Crippen molar-refractivity contribution in [2.75, 3.05) is 6.61 Å². The van der Waals surface area contributed by atoms with Crippen LogP contribution in [0.4, 0.5) is 0 Å². The first-order valence-corrected chi connectivity index (χ1v) is 12.5. The second-order valence-corrected chi connectivity index (χ2v) is 10.6. The summed E-state index contributed by atoms with van der Waals surface area (Å²) in [7, 11) is 0. The van der Waals surface area contributed by atoms with Crippen molar-refractivity contribution in [2.24, 2.45) is 4.99 Å². The molecule has 0 saturated carbocycles. The Morgan fingerprint density at radius 3 is 2.03 bits per heavy atom. The number of ether oxygens (including phenoxy) is 1. The highest BCUT2D eigenvalue weighted by molar-refractivity contribution is 6.30. The van der Waals surface area contributed by atoms with Gasteiger partial charge in [-0.05, 0) is 65.4 Å². The van der Waals surface area contributed by atoms with E-state index in [9.17, 15) is 4.79 Å². The van der Waals surface area contributed by atoms with Crippen LogP contribution in [0.15, 0.2) is 71.7 Å². The quantitative estimate of drug-likeness (QED) is 0.352. The maximum absolute atomic E-state index is 13.2. The Hall–Kier alpha value is -2.82. The van der Waals surface area contributed by atoms with Crippen LogP contribution in [0.5, 0.6) is 5.75 Å². The van der Waals surface area contributed by atoms with Gasteiger partial charge in [-0.2, -0.15) is 0 Å². The molecule has 182 valence electrons. The lowest BCUT2D eigenvalue weighted by molar-refractivity contribution is -0.126. The minimum Gasteiger partial charge on any atom is -0.493 e. The van der Waals surface area contributed by atoms with E-state index in [-0.39, 0.29) is 23.4 Å². The molecule has 0 fully saturated rings. The molecule has 0 aliphatic carbocycles. The predicted molar refractivity (Wildman–Crippen MR) is 144 cm³/mol. The first kappa shape index (κ1) is 25.3. The number of amides is 1. The van der Waals surface area contributed by atoms with Gasteiger partial charge < -0.3 is 4.74 Å². The molecule has 1 amide bonds. The van der Waals surface area contributed by atoms with E-state index in [0.717, 1.165) is 28.0 Å². The number of carbonyl (C=O) groups is 1. The monoisotopic (exact) mass is 508 g/mol. The largest absolute Gasteiger partial charge is 0.493 e. The molecular weight excluding hydrogens is 479 g/mol. The lowest BCUT2D eigenvalue weighted by Crippen LogP contribution is -2.36. The van der Waals surface area contributed by atoms with Crippen LogP contribution in [0.25, 0.3) is 0 Å². The van der Waals surface area contributed by atoms with Crippen LogP contribution in [-0.4, -0.2) is 23.2 Å². The third-order valence-corrected chi connectivity index (χ3v) is 6.72. The van der Waals surface area contributed by atoms with Gasteiger partial charge in [0.2, 0.25) is 5.91 Å². The molecule has 6 heteroatoms. The highest BCUT2D eigenvalue weighted by atomic mass is 35.5. The van der Waals surface area contributed by atoms with Gasteiger partial charge in [-0.15, -0.1) is 0 Å². The summed E-state index contributed by atoms with van der Waals surface area (Å²) in [5.41, 5.74) is 3.83. The molecular formula is C29H30Cl2N2O2. The van der Waals surface area contributed by atoms with Crippen LogP contribution < -0.4 is 4.74 Å². The fourth-order valence-corrected chi connectivity index (χ4v) is 4.69. The van der Waals surface area contributed by atoms with Crippen molar-refractivity contribution in [3.63, 3.8) is 0 Å². The number of carbonyl (C=O) groups excluding carboxylic acids is 1. The van der Waals surface area contributed by atoms with Gasteiger partial charge in [0, 0.05) is 17.0 Å². The third-order valence-electron chi connectivity index (χ3n) is 6.22. The number of nitrogens with zero attached hydrogens (tertiary/aromatic N) is 2. The van der Waals surface area contributed by atoms with Crippen molar-refractivity contribution in [3.05, 3.63) is 99.0 Å². The minimum atomic E-state index is -0.335. The van der Waals surface area contributed by atoms with Gasteiger partial charge in [0.15, 0.2) is 0 Å². The van der Waals surface area contributed by atoms with Crippen molar-refractivity contribution in [1.29, 1.82) is 0 Å². The standard InChI is InChI=1S/C29H30Cl2N2O2/c1-6-35-25-17-21(29(3,4)5)11-16-24(25)28-32-26(19-7-12-22(30)13-8-19)27(33(28)18(2)34)20-9-14-23(31)15-10-20/h7-17,26-27H,6H2,1-5H3/t26-,27+/m0/s1. The second-order valence-electron chi connectivity index (χ2n) is 9.73. The van der Waals surface area contributed by atoms with Crippen LogP contribution in [-0.2, 0) is 10.2 Å². The highest BCUT2D eigenvalue weighted by Gasteiger charge is 2.42. The van der Waals surface area contributed by atoms with E-state index in [1.165, 1.54) is 0 Å². The SMILES string of the molecule is CCOc1cc(C(C)(C)C)ccc1C1=N[C@@H](c2ccc(Cl)cc2)[C@@H](c2ccc(Cl)cc2)N1C(C)=O. The van der Waals surface area contributed by atoms with E-state index in [2.05, 4.69) is 32.9 Å². The molecule has 35 heavy (non-hydrogen) atoms. The lowest BCUT2D eigenvalue weighted by atomic mass is 9.86. The first-order chi connectivity index (χ1) is 16.6. The summed E-state index contributed by atoms with van der Waals surface area (Å²) < 4.78 is 6.07. The number of aliphatic imine (C=N–C) groups is 1. The van der Waals surface area contributed by atoms with Crippen LogP contribution >= 0.6 is 23.2 Å². The lowest BCUT2D eigenvalue weighted by Gasteiger charge is -2.29. The van der Waals surface area contributed by atoms with Gasteiger partial charge in [0.25, 0.3) is 0 Å². The zero-order valence-electron chi connectivity index (χ0n) is 20.7. The number of amidine groups is 1. The maximum Gasteiger partial charge on any atom is 0.225 e. The number of hydrogen-bond donors (Lipinski definition) is 0. The van der Waals surface area contributed by atoms with E-state index >= 15 is 0 Å². The molecule has 3 aromatic carbocycles. The van der Waals surface area contributed by atoms with Crippen molar-refractivity contribution in [3.8, 4) is 5.75 Å². The van der Waals surface area contributed by atoms with Gasteiger partial charge in [0.05, 0.1) is 18.2 Å². The number of halogens is 2. The molecule has 2 atom stereocenters. The molecule has 1 aliphatic rings. The molecule has 1 aliphatic heterocycles. The summed E-state index contributed by atoms with van der Waals surface area (Å²) in [6.45, 7) is 10.5. The Morgan fingerprint density at radius 1 is 0.943 bits per heavy atom. The molecule has 4 nitrogen and oxygen atoms in total. The van der Waals surface area contributed by atoms with E-state index in [1.54, 1.807) is 11.8 Å². The molecule has 0 N–H and O–H groups in total. The van der Waals surface area contributed by atoms with Gasteiger partial charge in [-0.3, -0.25) is 14.7 Å². The zero-order valence-corrected chi connectivity index (χ0v) is 22.2. The molecule has 1 heterocycles. The summed E-state index contributed by atoms with van der Waals surface area (Å²) in [6, 6.07) is 20.7. The average molecular weight is 509 g/mol. The van der Waals surface area contributed by atoms with Gasteiger partial charge in [-0.1, -0.05) is 74.3 Å². The summed E-state index contributed by atoms with van der Waals surface area (Å²) in [4.78, 5) is 20.1. The minimum absolute atomic E-state index is 0.0419. The molecule has 0 aromatic heterocycles. The van der Waals surface area contributed by atoms with Crippen molar-refractivity contribution in [2.45, 2.75) is 52.1 Å². The molecule has 0 unspecified atom stereocenters. The Bertz CT molecular complexity index is 1250. The first-order valence-electron chi connectivity index (χ1n) is 11.8. The average Bonchev–Trinajstić information content (AvgIpc) is 3.20. The third kappa shape index (κ3) is 5.24. The van der Waals surface area contributed by atoms with Crippen LogP contribution in [0.1, 0.15) is 69.0 Å². The van der Waals surface area contributed by atoms with Crippen LogP contribution in [0.3, 0.4) is 0 Å². The Labute approximate surface area is 217 Å². The van der Waals surface area contributed by atoms with Gasteiger partial charge in [0.1, 0.15) is 17.6 Å². The normalized spacial score (nSPS) is 17.9. The van der Waals surface area contributed by atoms with Crippen molar-refractivity contribution < 1.29 is 9.53 Å². The molecule has 0 bridgehead atoms. The molecule has 0 radical (unpaired) electrons. The predicted octanol–water partition coefficient (Wildman–Crippen LogP) is 7.78. The van der Waals surface area contributed by atoms with Crippen molar-refractivity contribution in [1.82, 2.24) is 4.90 Å². The molecule has 4 rings (SSSR count). The Kier molecular flexibility index (Phi) is 7.25. The van der Waals surface area contributed by atoms with Crippen LogP contribution in [0.2, 0.25) is 10.0 Å². The summed E-state index contributed by atoms with van der Waals surface area (Å²) in [5, 5.41) is 1.29. The highest BCUT2D eigenvalue weighted by Crippen LogP contribution is 2.45. The smallest absolute Gasteiger partial charge is 0.225 e. The number of hydrogen-bond acceptors (Lipinski definition) is 3. The fourth-order valence-electron chi connectivity index (χ4n) is 4.44. The van der Waals surface area contributed by atoms with E-state index < -0.39 is 0 Å². The van der Waals surface area contributed by atoms with E-state index in [4.69, 9.17) is 32.9 Å². The molecule has 3 aromatic rings. The van der Waals surface area contributed by atoms with Crippen molar-refractivity contribution >= 4 is 34.9 Å². The Morgan fingerprint density at radius 2 is 1.51 bits per heavy atom. The fraction of sp³-hybridized carbons (Fsp3) is 0.310. The zero-order chi connectivity index (χ0) is 25.3. The topological polar surface area (TPSA) is 41.9 Å². The van der Waals surface area contributed by atoms with Gasteiger partial charge in [-0.25, -0.2) is 0 Å². The second kappa shape index (κ2) is 10.0. The maximum atomic E-state index is 13.2. The van der Waals surface area contributed by atoms with E-state index in [0.29, 0.717) is 22.5 Å². The molecule has 0 spiro atoms. The number of benzene rings is 3. The summed E-state index contributed by atoms with van der Waals surface area (Å²) in [5.74, 6) is 1.22. The Balaban J connectivity index is 1.91.